The molecule has 0 saturated carbocycles. The molecule has 0 rings (SSSR count). The van der Waals surface area contributed by atoms with Crippen LogP contribution in [0, 0.1) is 0 Å². The van der Waals surface area contributed by atoms with Gasteiger partial charge in [-0.1, -0.05) is 195 Å². The van der Waals surface area contributed by atoms with Gasteiger partial charge in [0.25, 0.3) is 0 Å². The van der Waals surface area contributed by atoms with Crippen LogP contribution in [0.4, 0.5) is 0 Å². The normalized spacial score (nSPS) is 10.7. The molecule has 0 aromatic rings. The van der Waals surface area contributed by atoms with Crippen LogP contribution in [0.15, 0.2) is 176 Å². The molecule has 0 bridgehead atoms. The van der Waals surface area contributed by atoms with Gasteiger partial charge >= 0.3 is 0 Å². The number of rotatable bonds is 18. The van der Waals surface area contributed by atoms with Crippen molar-refractivity contribution in [3.63, 3.8) is 0 Å². The molecule has 0 aromatic heterocycles. The van der Waals surface area contributed by atoms with Gasteiger partial charge in [0, 0.05) is 93.8 Å². The van der Waals surface area contributed by atoms with E-state index in [9.17, 15) is 0 Å². The largest absolute Gasteiger partial charge is 0.505 e. The zero-order valence-corrected chi connectivity index (χ0v) is 54.3. The minimum Gasteiger partial charge on any atom is -0.505 e. The molecule has 75 heavy (non-hydrogen) atoms. The first kappa shape index (κ1) is 102. The summed E-state index contributed by atoms with van der Waals surface area (Å²) in [5.41, 5.74) is 0. The van der Waals surface area contributed by atoms with Crippen LogP contribution >= 0.6 is 0 Å². The summed E-state index contributed by atoms with van der Waals surface area (Å²) in [5, 5.41) is 0. The average molecular weight is 1050 g/mol. The highest BCUT2D eigenvalue weighted by Gasteiger charge is 1.75. The lowest BCUT2D eigenvalue weighted by Gasteiger charge is -1.91. The Hall–Kier alpha value is -5.38. The molecule has 0 spiro atoms. The predicted molar refractivity (Wildman–Crippen MR) is 360 cm³/mol. The fourth-order valence-corrected chi connectivity index (χ4v) is 2.88. The van der Waals surface area contributed by atoms with E-state index in [1.807, 2.05) is 211 Å². The third kappa shape index (κ3) is 325. The van der Waals surface area contributed by atoms with Gasteiger partial charge < -0.3 is 14.2 Å². The van der Waals surface area contributed by atoms with Gasteiger partial charge in [0.1, 0.15) is 0 Å². The zero-order valence-electron chi connectivity index (χ0n) is 54.3. The molecule has 0 amide bonds. The molecule has 0 atom stereocenters. The highest BCUT2D eigenvalue weighted by atomic mass is 16.5. The fraction of sp³-hybridized carbons (Fsp3) is 0.545. The lowest BCUT2D eigenvalue weighted by Crippen LogP contribution is -1.96. The van der Waals surface area contributed by atoms with Crippen LogP contribution < -0.4 is 0 Å². The number of ether oxygens (including phenoxy) is 3. The van der Waals surface area contributed by atoms with Crippen LogP contribution in [0.5, 0.6) is 0 Å². The molecule has 0 saturated heterocycles. The van der Waals surface area contributed by atoms with Gasteiger partial charge in [-0.05, 0) is 114 Å². The Morgan fingerprint density at radius 1 is 0.280 bits per heavy atom. The van der Waals surface area contributed by atoms with Gasteiger partial charge in [-0.15, -0.1) is 0 Å². The topological polar surface area (TPSA) is 102 Å². The van der Waals surface area contributed by atoms with E-state index in [1.165, 1.54) is 44.9 Å². The van der Waals surface area contributed by atoms with Crippen molar-refractivity contribution in [3.05, 3.63) is 146 Å². The Balaban J connectivity index is -0.0000000505. The SMILES string of the molecule is C/C=C\C=C/C.C/C=C\C=C/C.C/C=C\C=C/C.C/C=C\C=NC.C/C=C\C=NC.C/C=C\C=NC.C/C=C\C=NC.C/C=C\CC.C/C=C\OC.CCCCC.CCCCCC.CN=CC=NC.COCCOC. The number of hydrogen-bond acceptors (Lipinski definition) is 9. The second-order valence-electron chi connectivity index (χ2n) is 13.4. The number of aliphatic imine (C=N–C) groups is 6. The third-order valence-corrected chi connectivity index (χ3v) is 6.46. The van der Waals surface area contributed by atoms with Gasteiger partial charge in [0.05, 0.1) is 26.6 Å². The maximum atomic E-state index is 4.66. The van der Waals surface area contributed by atoms with Crippen molar-refractivity contribution in [2.45, 2.75) is 169 Å². The minimum atomic E-state index is 0.691. The number of hydrogen-bond donors (Lipinski definition) is 0. The van der Waals surface area contributed by atoms with Crippen LogP contribution in [-0.4, -0.2) is 114 Å². The molecule has 0 heterocycles. The molecule has 9 nitrogen and oxygen atoms in total. The lowest BCUT2D eigenvalue weighted by molar-refractivity contribution is 0.103. The summed E-state index contributed by atoms with van der Waals surface area (Å²) in [4.78, 5) is 22.2. The zero-order chi connectivity index (χ0) is 60.6. The maximum absolute atomic E-state index is 4.66. The minimum absolute atomic E-state index is 0.691. The van der Waals surface area contributed by atoms with Crippen molar-refractivity contribution in [1.82, 2.24) is 0 Å². The monoisotopic (exact) mass is 1050 g/mol. The molecule has 0 radical (unpaired) electrons. The van der Waals surface area contributed by atoms with Crippen molar-refractivity contribution < 1.29 is 14.2 Å². The summed E-state index contributed by atoms with van der Waals surface area (Å²) in [7, 11) is 15.3. The molecule has 0 fully saturated rings. The smallest absolute Gasteiger partial charge is 0.0781 e. The second kappa shape index (κ2) is 165. The summed E-state index contributed by atoms with van der Waals surface area (Å²) in [6.45, 7) is 36.2. The van der Waals surface area contributed by atoms with E-state index in [1.54, 1.807) is 107 Å². The first-order valence-electron chi connectivity index (χ1n) is 26.8. The summed E-state index contributed by atoms with van der Waals surface area (Å²) >= 11 is 0. The first-order valence-corrected chi connectivity index (χ1v) is 26.8. The molecule has 0 aliphatic carbocycles. The highest BCUT2D eigenvalue weighted by Crippen LogP contribution is 1.95. The van der Waals surface area contributed by atoms with Gasteiger partial charge in [-0.25, -0.2) is 0 Å². The second-order valence-corrected chi connectivity index (χ2v) is 13.4. The lowest BCUT2D eigenvalue weighted by atomic mass is 10.2. The molecular weight excluding hydrogens is 925 g/mol. The number of unbranched alkanes of at least 4 members (excludes halogenated alkanes) is 5. The third-order valence-electron chi connectivity index (χ3n) is 6.46. The molecule has 9 heteroatoms. The van der Waals surface area contributed by atoms with Crippen LogP contribution in [0.25, 0.3) is 0 Å². The first-order chi connectivity index (χ1) is 36.4. The summed E-state index contributed by atoms with van der Waals surface area (Å²) in [5.74, 6) is 0. The number of methoxy groups -OCH3 is 3. The van der Waals surface area contributed by atoms with E-state index in [2.05, 4.69) is 90.9 Å². The Kier molecular flexibility index (Phi) is 225. The van der Waals surface area contributed by atoms with Crippen molar-refractivity contribution in [1.29, 1.82) is 0 Å². The number of nitrogens with zero attached hydrogens (tertiary/aromatic N) is 6. The van der Waals surface area contributed by atoms with Crippen molar-refractivity contribution in [3.8, 4) is 0 Å². The maximum Gasteiger partial charge on any atom is 0.0781 e. The Labute approximate surface area is 471 Å². The van der Waals surface area contributed by atoms with Crippen molar-refractivity contribution in [2.24, 2.45) is 30.0 Å². The molecule has 440 valence electrons. The van der Waals surface area contributed by atoms with E-state index >= 15 is 0 Å². The van der Waals surface area contributed by atoms with Crippen LogP contribution in [-0.2, 0) is 14.2 Å². The van der Waals surface area contributed by atoms with Gasteiger partial charge in [-0.3, -0.25) is 30.0 Å². The Morgan fingerprint density at radius 2 is 0.507 bits per heavy atom. The van der Waals surface area contributed by atoms with E-state index < -0.39 is 0 Å². The predicted octanol–water partition coefficient (Wildman–Crippen LogP) is 20.1. The quantitative estimate of drug-likeness (QED) is 0.0449. The van der Waals surface area contributed by atoms with Gasteiger partial charge in [-0.2, -0.15) is 0 Å². The van der Waals surface area contributed by atoms with Crippen LogP contribution in [0.3, 0.4) is 0 Å². The fourth-order valence-electron chi connectivity index (χ4n) is 2.88. The van der Waals surface area contributed by atoms with Crippen LogP contribution in [0.1, 0.15) is 169 Å². The van der Waals surface area contributed by atoms with Crippen molar-refractivity contribution >= 4 is 37.3 Å². The molecule has 0 N–H and O–H groups in total. The van der Waals surface area contributed by atoms with Gasteiger partial charge in [0.2, 0.25) is 0 Å². The van der Waals surface area contributed by atoms with E-state index in [4.69, 9.17) is 0 Å². The Bertz CT molecular complexity index is 1000. The Morgan fingerprint density at radius 3 is 0.573 bits per heavy atom. The molecule has 0 aliphatic heterocycles. The molecular formula is C66H128N6O3. The van der Waals surface area contributed by atoms with E-state index in [0.29, 0.717) is 13.2 Å². The summed E-state index contributed by atoms with van der Waals surface area (Å²) in [6.07, 6.45) is 68.0. The number of allylic oxidation sites excluding steroid dienone is 23. The standard InChI is InChI=1S/C6H14.3C6H10.4C5H9N.C5H12.C5H10.C4H8N2.C4H10O2.C4H8O/c4*1-3-5-6-4-2;4*1-3-4-5-6-2;2*1-3-5-4-2;2*1-5-3-4-6-2;1-3-4-5-2/h3-6H2,1-2H3;3*3-6H,1-2H3;4*3-5H,1-2H3;3-5H2,1-2H3;3,5H,4H2,1-2H3;3-4H,1-2H3;3-4H2,1-2H3;3-4H,1-2H3/b;3*5-3-,6-4-;4*4-3-,6-5?;;5-3-;;;4-3-. The van der Waals surface area contributed by atoms with Crippen molar-refractivity contribution in [2.75, 3.05) is 76.8 Å². The van der Waals surface area contributed by atoms with Crippen LogP contribution in [0.2, 0.25) is 0 Å². The average Bonchev–Trinajstić information content (AvgIpc) is 3.44. The summed E-state index contributed by atoms with van der Waals surface area (Å²) in [6, 6.07) is 0. The summed E-state index contributed by atoms with van der Waals surface area (Å²) < 4.78 is 13.8. The van der Waals surface area contributed by atoms with E-state index in [0.717, 1.165) is 6.42 Å². The molecule has 0 unspecified atom stereocenters. The molecule has 0 aromatic carbocycles. The highest BCUT2D eigenvalue weighted by molar-refractivity contribution is 6.15. The van der Waals surface area contributed by atoms with Gasteiger partial charge in [0.15, 0.2) is 0 Å². The van der Waals surface area contributed by atoms with E-state index in [-0.39, 0.29) is 0 Å². The molecule has 0 aliphatic rings.